The highest BCUT2D eigenvalue weighted by molar-refractivity contribution is 5.80. The number of nitrogens with zero attached hydrogens (tertiary/aromatic N) is 1. The van der Waals surface area contributed by atoms with Crippen molar-refractivity contribution in [3.05, 3.63) is 84.1 Å². The van der Waals surface area contributed by atoms with Crippen molar-refractivity contribution in [3.63, 3.8) is 0 Å². The number of aromatic amines is 1. The minimum Gasteiger partial charge on any atom is -0.396 e. The monoisotopic (exact) mass is 602 g/mol. The van der Waals surface area contributed by atoms with Crippen LogP contribution in [-0.4, -0.2) is 74.9 Å². The van der Waals surface area contributed by atoms with E-state index in [0.29, 0.717) is 64.1 Å². The number of hydrogen-bond donors (Lipinski definition) is 7. The van der Waals surface area contributed by atoms with Crippen LogP contribution in [0.1, 0.15) is 56.7 Å². The summed E-state index contributed by atoms with van der Waals surface area (Å²) in [4.78, 5) is 8.11. The molecular weight excluding hydrogens is 552 g/mol. The molecule has 8 nitrogen and oxygen atoms in total. The molecule has 8 heteroatoms. The van der Waals surface area contributed by atoms with E-state index in [1.165, 1.54) is 10.9 Å². The van der Waals surface area contributed by atoms with Crippen molar-refractivity contribution in [2.75, 3.05) is 26.2 Å². The molecule has 0 bridgehead atoms. The average molecular weight is 603 g/mol. The van der Waals surface area contributed by atoms with Crippen LogP contribution in [0.3, 0.4) is 0 Å². The van der Waals surface area contributed by atoms with Gasteiger partial charge in [-0.15, -0.1) is 0 Å². The SMILES string of the molecule is C=C(Cc1cc2ccccc2[nH]1)C1CCC(C)(O)C2CC(O)C(O)(CCNC(=NCCCO)NCCc3ccccc3)C2C1. The first kappa shape index (κ1) is 32.2. The first-order valence-electron chi connectivity index (χ1n) is 16.2. The summed E-state index contributed by atoms with van der Waals surface area (Å²) in [5.74, 6) is 0.291. The summed E-state index contributed by atoms with van der Waals surface area (Å²) >= 11 is 0. The molecule has 2 aromatic carbocycles. The second-order valence-corrected chi connectivity index (χ2v) is 13.1. The summed E-state index contributed by atoms with van der Waals surface area (Å²) in [6.45, 7) is 8.01. The maximum atomic E-state index is 12.1. The number of H-pyrrole nitrogens is 1. The normalized spacial score (nSPS) is 28.9. The summed E-state index contributed by atoms with van der Waals surface area (Å²) in [6.07, 6.45) is 3.99. The number of para-hydroxylation sites is 1. The molecule has 7 N–H and O–H groups in total. The molecule has 2 saturated carbocycles. The Morgan fingerprint density at radius 3 is 2.55 bits per heavy atom. The van der Waals surface area contributed by atoms with Crippen LogP contribution in [0.15, 0.2) is 77.8 Å². The highest BCUT2D eigenvalue weighted by Gasteiger charge is 2.59. The summed E-state index contributed by atoms with van der Waals surface area (Å²) in [6, 6.07) is 20.6. The average Bonchev–Trinajstić information content (AvgIpc) is 3.48. The van der Waals surface area contributed by atoms with Crippen LogP contribution < -0.4 is 10.6 Å². The number of fused-ring (bicyclic) bond motifs is 2. The van der Waals surface area contributed by atoms with Crippen LogP contribution in [0.5, 0.6) is 0 Å². The van der Waals surface area contributed by atoms with Gasteiger partial charge in [0.15, 0.2) is 5.96 Å². The van der Waals surface area contributed by atoms with Crippen molar-refractivity contribution in [2.24, 2.45) is 22.7 Å². The Morgan fingerprint density at radius 2 is 1.77 bits per heavy atom. The fraction of sp³-hybridized carbons (Fsp3) is 0.528. The molecule has 0 amide bonds. The lowest BCUT2D eigenvalue weighted by Gasteiger charge is -2.38. The lowest BCUT2D eigenvalue weighted by atomic mass is 9.73. The molecule has 1 heterocycles. The molecule has 3 aromatic rings. The number of hydrogen-bond acceptors (Lipinski definition) is 5. The fourth-order valence-electron chi connectivity index (χ4n) is 7.46. The molecule has 44 heavy (non-hydrogen) atoms. The molecule has 0 spiro atoms. The van der Waals surface area contributed by atoms with Gasteiger partial charge in [0.2, 0.25) is 0 Å². The molecule has 2 aliphatic carbocycles. The Morgan fingerprint density at radius 1 is 1.02 bits per heavy atom. The minimum atomic E-state index is -1.34. The van der Waals surface area contributed by atoms with Crippen LogP contribution in [0.25, 0.3) is 10.9 Å². The van der Waals surface area contributed by atoms with E-state index in [-0.39, 0.29) is 24.4 Å². The summed E-state index contributed by atoms with van der Waals surface area (Å²) in [5, 5.41) is 52.1. The topological polar surface area (TPSA) is 133 Å². The predicted molar refractivity (Wildman–Crippen MR) is 176 cm³/mol. The molecule has 6 atom stereocenters. The van der Waals surface area contributed by atoms with Crippen LogP contribution in [0, 0.1) is 17.8 Å². The zero-order valence-electron chi connectivity index (χ0n) is 26.0. The van der Waals surface area contributed by atoms with E-state index in [2.05, 4.69) is 57.5 Å². The van der Waals surface area contributed by atoms with E-state index < -0.39 is 17.3 Å². The number of allylic oxidation sites excluding steroid dienone is 1. The highest BCUT2D eigenvalue weighted by Crippen LogP contribution is 2.54. The number of benzene rings is 2. The first-order chi connectivity index (χ1) is 21.2. The molecule has 2 fully saturated rings. The van der Waals surface area contributed by atoms with Gasteiger partial charge in [0.05, 0.1) is 17.3 Å². The van der Waals surface area contributed by atoms with E-state index in [1.807, 2.05) is 37.3 Å². The zero-order chi connectivity index (χ0) is 31.2. The number of guanidine groups is 1. The third-order valence-electron chi connectivity index (χ3n) is 10.1. The second kappa shape index (κ2) is 14.3. The Hall–Kier alpha value is -3.17. The number of aliphatic hydroxyl groups is 4. The molecule has 1 aromatic heterocycles. The molecular formula is C36H50N4O4. The van der Waals surface area contributed by atoms with Crippen LogP contribution >= 0.6 is 0 Å². The van der Waals surface area contributed by atoms with E-state index in [0.717, 1.165) is 29.6 Å². The van der Waals surface area contributed by atoms with E-state index in [1.54, 1.807) is 0 Å². The smallest absolute Gasteiger partial charge is 0.191 e. The maximum absolute atomic E-state index is 12.1. The molecule has 6 unspecified atom stereocenters. The van der Waals surface area contributed by atoms with Crippen molar-refractivity contribution in [1.29, 1.82) is 0 Å². The molecule has 5 rings (SSSR count). The Balaban J connectivity index is 1.24. The lowest BCUT2D eigenvalue weighted by Crippen LogP contribution is -2.49. The lowest BCUT2D eigenvalue weighted by molar-refractivity contribution is -0.0997. The molecule has 0 aliphatic heterocycles. The van der Waals surface area contributed by atoms with E-state index >= 15 is 0 Å². The number of rotatable bonds is 12. The van der Waals surface area contributed by atoms with Crippen LogP contribution in [0.4, 0.5) is 0 Å². The van der Waals surface area contributed by atoms with Crippen molar-refractivity contribution < 1.29 is 20.4 Å². The second-order valence-electron chi connectivity index (χ2n) is 13.1. The highest BCUT2D eigenvalue weighted by atomic mass is 16.3. The quantitative estimate of drug-likeness (QED) is 0.0723. The van der Waals surface area contributed by atoms with Gasteiger partial charge in [-0.25, -0.2) is 0 Å². The third-order valence-corrected chi connectivity index (χ3v) is 10.1. The number of nitrogens with one attached hydrogen (secondary N) is 3. The minimum absolute atomic E-state index is 0.0719. The van der Waals surface area contributed by atoms with E-state index in [4.69, 9.17) is 0 Å². The van der Waals surface area contributed by atoms with Gasteiger partial charge in [-0.2, -0.15) is 0 Å². The molecule has 238 valence electrons. The zero-order valence-corrected chi connectivity index (χ0v) is 26.0. The van der Waals surface area contributed by atoms with Gasteiger partial charge >= 0.3 is 0 Å². The van der Waals surface area contributed by atoms with Gasteiger partial charge in [-0.05, 0) is 92.7 Å². The number of aromatic nitrogens is 1. The van der Waals surface area contributed by atoms with Crippen molar-refractivity contribution in [2.45, 2.75) is 75.6 Å². The van der Waals surface area contributed by atoms with Crippen molar-refractivity contribution >= 4 is 16.9 Å². The Labute approximate surface area is 261 Å². The predicted octanol–water partition coefficient (Wildman–Crippen LogP) is 4.10. The van der Waals surface area contributed by atoms with Gasteiger partial charge < -0.3 is 36.0 Å². The Kier molecular flexibility index (Phi) is 10.5. The largest absolute Gasteiger partial charge is 0.396 e. The summed E-state index contributed by atoms with van der Waals surface area (Å²) in [7, 11) is 0. The Bertz CT molecular complexity index is 1370. The van der Waals surface area contributed by atoms with Crippen LogP contribution in [0.2, 0.25) is 0 Å². The number of aliphatic imine (C=N–C) groups is 1. The van der Waals surface area contributed by atoms with Gasteiger partial charge in [0.1, 0.15) is 0 Å². The third kappa shape index (κ3) is 7.54. The molecule has 2 aliphatic rings. The molecule has 0 saturated heterocycles. The van der Waals surface area contributed by atoms with Crippen LogP contribution in [-0.2, 0) is 12.8 Å². The van der Waals surface area contributed by atoms with Gasteiger partial charge in [0, 0.05) is 43.9 Å². The van der Waals surface area contributed by atoms with Gasteiger partial charge in [-0.1, -0.05) is 60.7 Å². The maximum Gasteiger partial charge on any atom is 0.191 e. The van der Waals surface area contributed by atoms with E-state index in [9.17, 15) is 20.4 Å². The standard InChI is InChI=1S/C36H50N4O4/c1-25(21-29-22-28-11-6-7-12-32(28)40-29)27-13-15-35(2,43)30-24-33(42)36(44,31(30)23-27)16-19-39-34(37-17-8-20-41)38-18-14-26-9-4-3-5-10-26/h3-7,9-12,22,27,30-31,33,40-44H,1,8,13-21,23-24H2,2H3,(H2,37,38,39). The molecule has 0 radical (unpaired) electrons. The summed E-state index contributed by atoms with van der Waals surface area (Å²) < 4.78 is 0. The summed E-state index contributed by atoms with van der Waals surface area (Å²) in [5.41, 5.74) is 2.22. The van der Waals surface area contributed by atoms with Gasteiger partial charge in [0.25, 0.3) is 0 Å². The van der Waals surface area contributed by atoms with Crippen molar-refractivity contribution in [1.82, 2.24) is 15.6 Å². The fourth-order valence-corrected chi connectivity index (χ4v) is 7.46. The first-order valence-corrected chi connectivity index (χ1v) is 16.2. The number of aliphatic hydroxyl groups excluding tert-OH is 2. The van der Waals surface area contributed by atoms with Gasteiger partial charge in [-0.3, -0.25) is 4.99 Å². The van der Waals surface area contributed by atoms with Crippen molar-refractivity contribution in [3.8, 4) is 0 Å².